The lowest BCUT2D eigenvalue weighted by Gasteiger charge is -2.17. The molecule has 0 amide bonds. The fourth-order valence-corrected chi connectivity index (χ4v) is 3.91. The summed E-state index contributed by atoms with van der Waals surface area (Å²) in [6.45, 7) is 12.0. The van der Waals surface area contributed by atoms with Crippen LogP contribution in [0.15, 0.2) is 41.5 Å². The molecule has 3 aromatic rings. The van der Waals surface area contributed by atoms with E-state index in [-0.39, 0.29) is 11.4 Å². The van der Waals surface area contributed by atoms with E-state index < -0.39 is 0 Å². The van der Waals surface area contributed by atoms with Gasteiger partial charge in [-0.05, 0) is 63.8 Å². The Labute approximate surface area is 154 Å². The molecule has 0 bridgehead atoms. The molecule has 0 aliphatic carbocycles. The maximum absolute atomic E-state index is 12.6. The molecule has 4 nitrogen and oxygen atoms in total. The molecule has 4 heteroatoms. The van der Waals surface area contributed by atoms with Crippen LogP contribution >= 0.6 is 0 Å². The van der Waals surface area contributed by atoms with Crippen LogP contribution < -0.4 is 15.2 Å². The van der Waals surface area contributed by atoms with Crippen LogP contribution in [0.4, 0.5) is 0 Å². The highest BCUT2D eigenvalue weighted by Gasteiger charge is 2.19. The summed E-state index contributed by atoms with van der Waals surface area (Å²) < 4.78 is 3.15. The van der Waals surface area contributed by atoms with Crippen LogP contribution in [-0.2, 0) is 0 Å². The Morgan fingerprint density at radius 2 is 1.23 bits per heavy atom. The van der Waals surface area contributed by atoms with Gasteiger partial charge in [-0.2, -0.15) is 4.57 Å². The van der Waals surface area contributed by atoms with Gasteiger partial charge in [0.25, 0.3) is 6.33 Å². The largest absolute Gasteiger partial charge is 0.842 e. The van der Waals surface area contributed by atoms with Gasteiger partial charge in [0.05, 0.1) is 11.9 Å². The molecule has 2 aromatic carbocycles. The number of aryl methyl sites for hydroxylation is 6. The van der Waals surface area contributed by atoms with Gasteiger partial charge in [0.2, 0.25) is 0 Å². The predicted molar refractivity (Wildman–Crippen MR) is 101 cm³/mol. The minimum absolute atomic E-state index is 0.316. The Hall–Kier alpha value is -2.88. The second kappa shape index (κ2) is 6.45. The number of nitrogens with zero attached hydrogens (tertiary/aromatic N) is 2. The van der Waals surface area contributed by atoms with Crippen molar-refractivity contribution in [2.45, 2.75) is 41.5 Å². The number of benzene rings is 2. The Balaban J connectivity index is 2.34. The van der Waals surface area contributed by atoms with Crippen molar-refractivity contribution in [2.24, 2.45) is 0 Å². The smallest absolute Gasteiger partial charge is 0.341 e. The third-order valence-corrected chi connectivity index (χ3v) is 4.71. The molecule has 0 fully saturated rings. The van der Waals surface area contributed by atoms with Gasteiger partial charge in [-0.15, -0.1) is 0 Å². The van der Waals surface area contributed by atoms with Gasteiger partial charge in [0.1, 0.15) is 11.4 Å². The third kappa shape index (κ3) is 3.03. The normalized spacial score (nSPS) is 11.0. The zero-order valence-corrected chi connectivity index (χ0v) is 16.2. The average Bonchev–Trinajstić information content (AvgIpc) is 2.49. The molecule has 0 atom stereocenters. The van der Waals surface area contributed by atoms with E-state index in [9.17, 15) is 9.90 Å². The van der Waals surface area contributed by atoms with E-state index in [2.05, 4.69) is 0 Å². The van der Waals surface area contributed by atoms with Crippen molar-refractivity contribution >= 4 is 0 Å². The van der Waals surface area contributed by atoms with E-state index in [1.54, 1.807) is 15.5 Å². The molecule has 134 valence electrons. The summed E-state index contributed by atoms with van der Waals surface area (Å²) in [6.07, 6.45) is 1.62. The zero-order valence-electron chi connectivity index (χ0n) is 16.2. The lowest BCUT2D eigenvalue weighted by atomic mass is 10.0. The third-order valence-electron chi connectivity index (χ3n) is 4.71. The maximum Gasteiger partial charge on any atom is 0.341 e. The van der Waals surface area contributed by atoms with Gasteiger partial charge in [0, 0.05) is 0 Å². The SMILES string of the molecule is Cc1cc(C)c(-n2c[n+](-c3c(C)cc(C)cc3C)c([O-])cc2=O)c(C)c1. The molecule has 0 saturated heterocycles. The van der Waals surface area contributed by atoms with Gasteiger partial charge < -0.3 is 5.11 Å². The van der Waals surface area contributed by atoms with E-state index in [4.69, 9.17) is 0 Å². The molecule has 0 spiro atoms. The van der Waals surface area contributed by atoms with Gasteiger partial charge in [-0.25, -0.2) is 9.36 Å². The first kappa shape index (κ1) is 17.9. The van der Waals surface area contributed by atoms with Gasteiger partial charge in [-0.3, -0.25) is 0 Å². The van der Waals surface area contributed by atoms with Gasteiger partial charge in [0.15, 0.2) is 0 Å². The van der Waals surface area contributed by atoms with Crippen LogP contribution in [0.1, 0.15) is 33.4 Å². The van der Waals surface area contributed by atoms with Gasteiger partial charge >= 0.3 is 5.56 Å². The Kier molecular flexibility index (Phi) is 4.45. The van der Waals surface area contributed by atoms with E-state index >= 15 is 0 Å². The second-order valence-corrected chi connectivity index (χ2v) is 7.17. The fraction of sp³-hybridized carbons (Fsp3) is 0.273. The molecule has 0 aliphatic rings. The van der Waals surface area contributed by atoms with E-state index in [1.165, 1.54) is 0 Å². The predicted octanol–water partition coefficient (Wildman–Crippen LogP) is 3.04. The van der Waals surface area contributed by atoms with Crippen LogP contribution in [0.25, 0.3) is 11.4 Å². The highest BCUT2D eigenvalue weighted by molar-refractivity contribution is 5.49. The molecule has 0 radical (unpaired) electrons. The number of hydrogen-bond donors (Lipinski definition) is 0. The highest BCUT2D eigenvalue weighted by Crippen LogP contribution is 2.21. The first-order valence-electron chi connectivity index (χ1n) is 8.71. The molecule has 0 N–H and O–H groups in total. The standard InChI is InChI=1S/C22H24N2O2/c1-13-7-15(3)21(16(4)8-13)23-12-24(20(26)11-19(23)25)22-17(5)9-14(2)10-18(22)6/h7-12H,1-6H3. The molecule has 0 aliphatic heterocycles. The quantitative estimate of drug-likeness (QED) is 0.669. The van der Waals surface area contributed by atoms with Crippen molar-refractivity contribution in [3.05, 3.63) is 80.4 Å². The molecule has 1 heterocycles. The summed E-state index contributed by atoms with van der Waals surface area (Å²) in [4.78, 5) is 12.6. The van der Waals surface area contributed by atoms with Crippen LogP contribution in [0, 0.1) is 41.5 Å². The van der Waals surface area contributed by atoms with Crippen LogP contribution in [-0.4, -0.2) is 4.57 Å². The van der Waals surface area contributed by atoms with Crippen molar-refractivity contribution in [1.82, 2.24) is 4.57 Å². The molecule has 1 aromatic heterocycles. The molecule has 3 rings (SSSR count). The topological polar surface area (TPSA) is 48.9 Å². The van der Waals surface area contributed by atoms with Crippen molar-refractivity contribution in [3.8, 4) is 17.3 Å². The first-order valence-corrected chi connectivity index (χ1v) is 8.71. The van der Waals surface area contributed by atoms with E-state index in [0.717, 1.165) is 50.8 Å². The molecule has 0 saturated carbocycles. The lowest BCUT2D eigenvalue weighted by Crippen LogP contribution is -2.42. The van der Waals surface area contributed by atoms with Crippen LogP contribution in [0.3, 0.4) is 0 Å². The van der Waals surface area contributed by atoms with Crippen molar-refractivity contribution in [3.63, 3.8) is 0 Å². The Bertz CT molecular complexity index is 1030. The lowest BCUT2D eigenvalue weighted by molar-refractivity contribution is -0.655. The molecular formula is C22H24N2O2. The minimum atomic E-state index is -0.316. The average molecular weight is 348 g/mol. The summed E-state index contributed by atoms with van der Waals surface area (Å²) in [7, 11) is 0. The summed E-state index contributed by atoms with van der Waals surface area (Å²) in [5.41, 5.74) is 7.67. The summed E-state index contributed by atoms with van der Waals surface area (Å²) in [6, 6.07) is 9.36. The van der Waals surface area contributed by atoms with Crippen molar-refractivity contribution in [1.29, 1.82) is 0 Å². The summed E-state index contributed by atoms with van der Waals surface area (Å²) in [5.74, 6) is -0.316. The molecule has 26 heavy (non-hydrogen) atoms. The molecule has 0 unspecified atom stereocenters. The van der Waals surface area contributed by atoms with Crippen LogP contribution in [0.2, 0.25) is 0 Å². The van der Waals surface area contributed by atoms with Gasteiger partial charge in [-0.1, -0.05) is 35.4 Å². The number of rotatable bonds is 2. The van der Waals surface area contributed by atoms with E-state index in [0.29, 0.717) is 0 Å². The highest BCUT2D eigenvalue weighted by atomic mass is 16.3. The number of aromatic nitrogens is 2. The van der Waals surface area contributed by atoms with E-state index in [1.807, 2.05) is 65.8 Å². The fourth-order valence-electron chi connectivity index (χ4n) is 3.91. The monoisotopic (exact) mass is 348 g/mol. The maximum atomic E-state index is 12.6. The van der Waals surface area contributed by atoms with Crippen molar-refractivity contribution in [2.75, 3.05) is 0 Å². The molecular weight excluding hydrogens is 324 g/mol. The zero-order chi connectivity index (χ0) is 19.2. The number of hydrogen-bond acceptors (Lipinski definition) is 2. The summed E-state index contributed by atoms with van der Waals surface area (Å²) in [5, 5.41) is 12.6. The minimum Gasteiger partial charge on any atom is -0.842 e. The van der Waals surface area contributed by atoms with Crippen LogP contribution in [0.5, 0.6) is 5.88 Å². The van der Waals surface area contributed by atoms with Crippen molar-refractivity contribution < 1.29 is 9.67 Å². The second-order valence-electron chi connectivity index (χ2n) is 7.17. The Morgan fingerprint density at radius 3 is 1.73 bits per heavy atom. The first-order chi connectivity index (χ1) is 12.2. The Morgan fingerprint density at radius 1 is 0.769 bits per heavy atom. The summed E-state index contributed by atoms with van der Waals surface area (Å²) >= 11 is 0.